The van der Waals surface area contributed by atoms with Crippen LogP contribution in [0.1, 0.15) is 45.1 Å². The first-order valence-electron chi connectivity index (χ1n) is 6.56. The van der Waals surface area contributed by atoms with Crippen molar-refractivity contribution in [2.45, 2.75) is 51.9 Å². The fraction of sp³-hybridized carbons (Fsp3) is 0.643. The van der Waals surface area contributed by atoms with Crippen molar-refractivity contribution >= 4 is 28.9 Å². The summed E-state index contributed by atoms with van der Waals surface area (Å²) in [5, 5.41) is 13.1. The van der Waals surface area contributed by atoms with Gasteiger partial charge >= 0.3 is 5.97 Å². The Hall–Kier alpha value is -0.620. The van der Waals surface area contributed by atoms with Gasteiger partial charge in [-0.05, 0) is 39.8 Å². The maximum atomic E-state index is 11.6. The third kappa shape index (κ3) is 6.70. The van der Waals surface area contributed by atoms with E-state index < -0.39 is 11.7 Å². The average Bonchev–Trinajstić information content (AvgIpc) is 2.70. The lowest BCUT2D eigenvalue weighted by atomic mass is 10.2. The molecule has 0 aliphatic heterocycles. The van der Waals surface area contributed by atoms with E-state index in [0.29, 0.717) is 10.9 Å². The largest absolute Gasteiger partial charge is 0.460 e. The number of hydrogen-bond acceptors (Lipinski definition) is 5. The van der Waals surface area contributed by atoms with Crippen LogP contribution in [0.5, 0.6) is 0 Å². The molecule has 6 heteroatoms. The number of nitrogens with one attached hydrogen (secondary N) is 1. The van der Waals surface area contributed by atoms with Gasteiger partial charge in [0.05, 0.1) is 10.8 Å². The Morgan fingerprint density at radius 2 is 2.15 bits per heavy atom. The molecule has 1 heterocycles. The predicted octanol–water partition coefficient (Wildman–Crippen LogP) is 3.14. The molecule has 2 N–H and O–H groups in total. The zero-order chi connectivity index (χ0) is 15.3. The third-order valence-corrected chi connectivity index (χ3v) is 3.81. The molecule has 0 spiro atoms. The molecule has 1 rings (SSSR count). The van der Waals surface area contributed by atoms with Gasteiger partial charge in [-0.2, -0.15) is 0 Å². The number of carbonyl (C=O) groups is 1. The van der Waals surface area contributed by atoms with Crippen LogP contribution in [-0.4, -0.2) is 29.3 Å². The summed E-state index contributed by atoms with van der Waals surface area (Å²) in [5.74, 6) is -0.244. The van der Waals surface area contributed by atoms with Crippen molar-refractivity contribution in [3.63, 3.8) is 0 Å². The standard InChI is InChI=1S/C14H22ClNO3S/c1-9(7-13(18)19-14(2,3)4)16-8-10(17)11-5-6-12(15)20-11/h5-6,9-10,16-17H,7-8H2,1-4H3. The second kappa shape index (κ2) is 7.41. The maximum absolute atomic E-state index is 11.6. The van der Waals surface area contributed by atoms with Crippen molar-refractivity contribution in [1.29, 1.82) is 0 Å². The molecule has 114 valence electrons. The Morgan fingerprint density at radius 1 is 1.50 bits per heavy atom. The van der Waals surface area contributed by atoms with Crippen LogP contribution in [-0.2, 0) is 9.53 Å². The van der Waals surface area contributed by atoms with Crippen LogP contribution >= 0.6 is 22.9 Å². The van der Waals surface area contributed by atoms with Crippen LogP contribution in [0.3, 0.4) is 0 Å². The highest BCUT2D eigenvalue weighted by molar-refractivity contribution is 7.16. The first kappa shape index (κ1) is 17.4. The van der Waals surface area contributed by atoms with E-state index in [4.69, 9.17) is 16.3 Å². The molecule has 2 unspecified atom stereocenters. The summed E-state index contributed by atoms with van der Waals surface area (Å²) in [6, 6.07) is 3.50. The normalized spacial score (nSPS) is 14.9. The minimum Gasteiger partial charge on any atom is -0.460 e. The van der Waals surface area contributed by atoms with Crippen molar-refractivity contribution < 1.29 is 14.6 Å². The maximum Gasteiger partial charge on any atom is 0.307 e. The van der Waals surface area contributed by atoms with Crippen molar-refractivity contribution in [3.05, 3.63) is 21.3 Å². The molecule has 0 aliphatic carbocycles. The molecule has 0 saturated heterocycles. The average molecular weight is 320 g/mol. The number of hydrogen-bond donors (Lipinski definition) is 2. The highest BCUT2D eigenvalue weighted by Gasteiger charge is 2.19. The van der Waals surface area contributed by atoms with E-state index in [1.165, 1.54) is 11.3 Å². The van der Waals surface area contributed by atoms with Gasteiger partial charge in [0.2, 0.25) is 0 Å². The molecule has 4 nitrogen and oxygen atoms in total. The highest BCUT2D eigenvalue weighted by atomic mass is 35.5. The Morgan fingerprint density at radius 3 is 2.65 bits per heavy atom. The number of rotatable bonds is 6. The zero-order valence-corrected chi connectivity index (χ0v) is 13.8. The molecular weight excluding hydrogens is 298 g/mol. The zero-order valence-electron chi connectivity index (χ0n) is 12.3. The van der Waals surface area contributed by atoms with E-state index in [1.54, 1.807) is 12.1 Å². The summed E-state index contributed by atoms with van der Waals surface area (Å²) in [6.45, 7) is 7.78. The Labute approximate surface area is 129 Å². The lowest BCUT2D eigenvalue weighted by Crippen LogP contribution is -2.34. The minimum atomic E-state index is -0.617. The molecule has 1 aromatic heterocycles. The lowest BCUT2D eigenvalue weighted by molar-refractivity contribution is -0.155. The molecular formula is C14H22ClNO3S. The van der Waals surface area contributed by atoms with E-state index in [1.807, 2.05) is 27.7 Å². The highest BCUT2D eigenvalue weighted by Crippen LogP contribution is 2.26. The van der Waals surface area contributed by atoms with Gasteiger partial charge in [0.1, 0.15) is 11.7 Å². The number of aliphatic hydroxyl groups is 1. The van der Waals surface area contributed by atoms with Crippen LogP contribution < -0.4 is 5.32 Å². The van der Waals surface area contributed by atoms with Crippen LogP contribution in [0.15, 0.2) is 12.1 Å². The Balaban J connectivity index is 2.32. The molecule has 1 aromatic rings. The first-order chi connectivity index (χ1) is 9.17. The molecule has 0 radical (unpaired) electrons. The molecule has 0 saturated carbocycles. The van der Waals surface area contributed by atoms with Crippen molar-refractivity contribution in [1.82, 2.24) is 5.32 Å². The fourth-order valence-electron chi connectivity index (χ4n) is 1.63. The van der Waals surface area contributed by atoms with Crippen LogP contribution in [0, 0.1) is 0 Å². The van der Waals surface area contributed by atoms with Gasteiger partial charge in [0.15, 0.2) is 0 Å². The number of thiophene rings is 1. The summed E-state index contributed by atoms with van der Waals surface area (Å²) >= 11 is 7.18. The monoisotopic (exact) mass is 319 g/mol. The second-order valence-corrected chi connectivity index (χ2v) is 7.50. The first-order valence-corrected chi connectivity index (χ1v) is 7.75. The van der Waals surface area contributed by atoms with Gasteiger partial charge in [-0.3, -0.25) is 4.79 Å². The summed E-state index contributed by atoms with van der Waals surface area (Å²) in [4.78, 5) is 12.5. The number of halogens is 1. The van der Waals surface area contributed by atoms with Gasteiger partial charge in [0.25, 0.3) is 0 Å². The number of carbonyl (C=O) groups excluding carboxylic acids is 1. The Kier molecular flexibility index (Phi) is 6.45. The van der Waals surface area contributed by atoms with Crippen molar-refractivity contribution in [2.24, 2.45) is 0 Å². The van der Waals surface area contributed by atoms with Gasteiger partial charge in [0, 0.05) is 17.5 Å². The SMILES string of the molecule is CC(CC(=O)OC(C)(C)C)NCC(O)c1ccc(Cl)s1. The Bertz CT molecular complexity index is 442. The van der Waals surface area contributed by atoms with E-state index in [9.17, 15) is 9.90 Å². The van der Waals surface area contributed by atoms with E-state index in [-0.39, 0.29) is 18.4 Å². The summed E-state index contributed by atoms with van der Waals surface area (Å²) in [5.41, 5.74) is -0.468. The molecule has 0 aliphatic rings. The number of ether oxygens (including phenoxy) is 1. The summed E-state index contributed by atoms with van der Waals surface area (Å²) < 4.78 is 5.90. The third-order valence-electron chi connectivity index (χ3n) is 2.47. The molecule has 0 fully saturated rings. The van der Waals surface area contributed by atoms with Gasteiger partial charge in [-0.25, -0.2) is 0 Å². The molecule has 0 aromatic carbocycles. The van der Waals surface area contributed by atoms with E-state index in [2.05, 4.69) is 5.32 Å². The molecule has 20 heavy (non-hydrogen) atoms. The smallest absolute Gasteiger partial charge is 0.307 e. The lowest BCUT2D eigenvalue weighted by Gasteiger charge is -2.21. The second-order valence-electron chi connectivity index (χ2n) is 5.76. The van der Waals surface area contributed by atoms with Crippen LogP contribution in [0.25, 0.3) is 0 Å². The minimum absolute atomic E-state index is 0.0602. The molecule has 2 atom stereocenters. The van der Waals surface area contributed by atoms with Crippen LogP contribution in [0.2, 0.25) is 4.34 Å². The topological polar surface area (TPSA) is 58.6 Å². The van der Waals surface area contributed by atoms with Gasteiger partial charge < -0.3 is 15.2 Å². The molecule has 0 amide bonds. The quantitative estimate of drug-likeness (QED) is 0.791. The van der Waals surface area contributed by atoms with Gasteiger partial charge in [-0.1, -0.05) is 11.6 Å². The van der Waals surface area contributed by atoms with E-state index in [0.717, 1.165) is 4.88 Å². The van der Waals surface area contributed by atoms with Crippen LogP contribution in [0.4, 0.5) is 0 Å². The predicted molar refractivity (Wildman–Crippen MR) is 82.2 cm³/mol. The van der Waals surface area contributed by atoms with Crippen molar-refractivity contribution in [3.8, 4) is 0 Å². The van der Waals surface area contributed by atoms with E-state index >= 15 is 0 Å². The number of aliphatic hydroxyl groups excluding tert-OH is 1. The summed E-state index contributed by atoms with van der Waals surface area (Å²) in [7, 11) is 0. The number of esters is 1. The van der Waals surface area contributed by atoms with Crippen molar-refractivity contribution in [2.75, 3.05) is 6.54 Å². The fourth-order valence-corrected chi connectivity index (χ4v) is 2.67. The summed E-state index contributed by atoms with van der Waals surface area (Å²) in [6.07, 6.45) is -0.344. The van der Waals surface area contributed by atoms with Gasteiger partial charge in [-0.15, -0.1) is 11.3 Å². The molecule has 0 bridgehead atoms.